The van der Waals surface area contributed by atoms with Crippen LogP contribution in [-0.4, -0.2) is 37.2 Å². The molecule has 12 heavy (non-hydrogen) atoms. The molecular formula is C10H19NO. The lowest BCUT2D eigenvalue weighted by atomic mass is 9.98. The molecule has 70 valence electrons. The van der Waals surface area contributed by atoms with Crippen molar-refractivity contribution in [3.05, 3.63) is 0 Å². The van der Waals surface area contributed by atoms with Crippen LogP contribution in [0.15, 0.2) is 0 Å². The molecule has 0 N–H and O–H groups in total. The third-order valence-electron chi connectivity index (χ3n) is 3.25. The Morgan fingerprint density at radius 3 is 2.92 bits per heavy atom. The van der Waals surface area contributed by atoms with Gasteiger partial charge in [0.05, 0.1) is 12.2 Å². The molecular weight excluding hydrogens is 150 g/mol. The molecule has 1 saturated heterocycles. The number of ether oxygens (including phenoxy) is 1. The molecule has 1 unspecified atom stereocenters. The Bertz CT molecular complexity index is 167. The molecule has 0 radical (unpaired) electrons. The van der Waals surface area contributed by atoms with Crippen LogP contribution in [0, 0.1) is 5.92 Å². The van der Waals surface area contributed by atoms with E-state index in [0.29, 0.717) is 0 Å². The molecule has 2 nitrogen and oxygen atoms in total. The second-order valence-electron chi connectivity index (χ2n) is 4.62. The maximum absolute atomic E-state index is 5.93. The van der Waals surface area contributed by atoms with Crippen molar-refractivity contribution >= 4 is 0 Å². The second-order valence-corrected chi connectivity index (χ2v) is 4.62. The van der Waals surface area contributed by atoms with Crippen LogP contribution in [0.2, 0.25) is 0 Å². The molecule has 2 atom stereocenters. The third-order valence-corrected chi connectivity index (χ3v) is 3.25. The van der Waals surface area contributed by atoms with Gasteiger partial charge < -0.3 is 9.64 Å². The minimum absolute atomic E-state index is 0.242. The molecule has 2 fully saturated rings. The predicted molar refractivity (Wildman–Crippen MR) is 49.2 cm³/mol. The van der Waals surface area contributed by atoms with E-state index in [2.05, 4.69) is 18.9 Å². The number of hydrogen-bond acceptors (Lipinski definition) is 2. The quantitative estimate of drug-likeness (QED) is 0.545. The molecule has 0 aromatic carbocycles. The van der Waals surface area contributed by atoms with Gasteiger partial charge in [-0.05, 0) is 32.2 Å². The number of rotatable bonds is 0. The van der Waals surface area contributed by atoms with Gasteiger partial charge >= 0.3 is 0 Å². The zero-order valence-electron chi connectivity index (χ0n) is 8.18. The molecule has 0 amide bonds. The smallest absolute Gasteiger partial charge is 0.0812 e. The van der Waals surface area contributed by atoms with E-state index in [9.17, 15) is 0 Å². The number of nitrogens with zero attached hydrogens (tertiary/aromatic N) is 1. The summed E-state index contributed by atoms with van der Waals surface area (Å²) in [6, 6.07) is 0. The first-order valence-electron chi connectivity index (χ1n) is 5.03. The monoisotopic (exact) mass is 169 g/mol. The molecule has 0 bridgehead atoms. The lowest BCUT2D eigenvalue weighted by Gasteiger charge is -2.39. The van der Waals surface area contributed by atoms with E-state index >= 15 is 0 Å². The van der Waals surface area contributed by atoms with Crippen molar-refractivity contribution in [2.45, 2.75) is 31.8 Å². The number of likely N-dealkylation sites (N-methyl/N-ethyl adjacent to an activating group) is 1. The highest BCUT2D eigenvalue weighted by Crippen LogP contribution is 2.38. The Kier molecular flexibility index (Phi) is 2.13. The van der Waals surface area contributed by atoms with Gasteiger partial charge in [0.1, 0.15) is 0 Å². The minimum Gasteiger partial charge on any atom is -0.372 e. The van der Waals surface area contributed by atoms with Crippen molar-refractivity contribution in [1.29, 1.82) is 0 Å². The fraction of sp³-hybridized carbons (Fsp3) is 1.00. The fourth-order valence-electron chi connectivity index (χ4n) is 2.66. The summed E-state index contributed by atoms with van der Waals surface area (Å²) >= 11 is 0. The molecule has 1 heterocycles. The van der Waals surface area contributed by atoms with Crippen LogP contribution in [0.1, 0.15) is 26.2 Å². The predicted octanol–water partition coefficient (Wildman–Crippen LogP) is 1.51. The normalized spacial score (nSPS) is 44.0. The van der Waals surface area contributed by atoms with Crippen LogP contribution in [-0.2, 0) is 4.74 Å². The summed E-state index contributed by atoms with van der Waals surface area (Å²) in [5.74, 6) is 0.872. The summed E-state index contributed by atoms with van der Waals surface area (Å²) in [5.41, 5.74) is 0.242. The zero-order valence-corrected chi connectivity index (χ0v) is 8.18. The van der Waals surface area contributed by atoms with Gasteiger partial charge in [0.25, 0.3) is 0 Å². The number of hydrogen-bond donors (Lipinski definition) is 0. The fourth-order valence-corrected chi connectivity index (χ4v) is 2.66. The van der Waals surface area contributed by atoms with E-state index in [1.165, 1.54) is 19.3 Å². The van der Waals surface area contributed by atoms with Crippen molar-refractivity contribution in [3.8, 4) is 0 Å². The summed E-state index contributed by atoms with van der Waals surface area (Å²) in [6.07, 6.45) is 3.91. The van der Waals surface area contributed by atoms with Crippen molar-refractivity contribution in [2.75, 3.05) is 26.7 Å². The van der Waals surface area contributed by atoms with Gasteiger partial charge in [-0.2, -0.15) is 0 Å². The summed E-state index contributed by atoms with van der Waals surface area (Å²) in [6.45, 7) is 5.53. The highest BCUT2D eigenvalue weighted by Gasteiger charge is 2.40. The van der Waals surface area contributed by atoms with Crippen molar-refractivity contribution in [2.24, 2.45) is 5.92 Å². The van der Waals surface area contributed by atoms with Crippen LogP contribution in [0.3, 0.4) is 0 Å². The second kappa shape index (κ2) is 3.00. The summed E-state index contributed by atoms with van der Waals surface area (Å²) < 4.78 is 5.93. The molecule has 2 aliphatic rings. The van der Waals surface area contributed by atoms with Crippen molar-refractivity contribution in [1.82, 2.24) is 4.90 Å². The van der Waals surface area contributed by atoms with Gasteiger partial charge in [0.15, 0.2) is 0 Å². The highest BCUT2D eigenvalue weighted by molar-refractivity contribution is 4.93. The first kappa shape index (κ1) is 8.52. The lowest BCUT2D eigenvalue weighted by molar-refractivity contribution is -0.0998. The molecule has 0 aromatic rings. The van der Waals surface area contributed by atoms with Gasteiger partial charge in [-0.25, -0.2) is 0 Å². The molecule has 1 aliphatic heterocycles. The van der Waals surface area contributed by atoms with E-state index in [0.717, 1.165) is 25.6 Å². The van der Waals surface area contributed by atoms with E-state index in [-0.39, 0.29) is 5.60 Å². The Morgan fingerprint density at radius 1 is 1.50 bits per heavy atom. The van der Waals surface area contributed by atoms with E-state index in [1.54, 1.807) is 0 Å². The summed E-state index contributed by atoms with van der Waals surface area (Å²) in [5, 5.41) is 0. The van der Waals surface area contributed by atoms with E-state index in [4.69, 9.17) is 4.74 Å². The maximum Gasteiger partial charge on any atom is 0.0812 e. The van der Waals surface area contributed by atoms with Gasteiger partial charge in [-0.3, -0.25) is 0 Å². The van der Waals surface area contributed by atoms with Crippen LogP contribution in [0.5, 0.6) is 0 Å². The van der Waals surface area contributed by atoms with Crippen LogP contribution in [0.25, 0.3) is 0 Å². The van der Waals surface area contributed by atoms with Crippen LogP contribution < -0.4 is 0 Å². The molecule has 2 heteroatoms. The maximum atomic E-state index is 5.93. The number of morpholine rings is 1. The van der Waals surface area contributed by atoms with Crippen LogP contribution in [0.4, 0.5) is 0 Å². The summed E-state index contributed by atoms with van der Waals surface area (Å²) in [4.78, 5) is 2.40. The van der Waals surface area contributed by atoms with Gasteiger partial charge in [-0.1, -0.05) is 6.92 Å². The molecule has 2 rings (SSSR count). The first-order valence-corrected chi connectivity index (χ1v) is 5.03. The first-order chi connectivity index (χ1) is 5.70. The van der Waals surface area contributed by atoms with E-state index < -0.39 is 0 Å². The topological polar surface area (TPSA) is 12.5 Å². The van der Waals surface area contributed by atoms with E-state index in [1.807, 2.05) is 0 Å². The van der Waals surface area contributed by atoms with Gasteiger partial charge in [0, 0.05) is 13.1 Å². The Hall–Kier alpha value is -0.0800. The average molecular weight is 169 g/mol. The minimum atomic E-state index is 0.242. The lowest BCUT2D eigenvalue weighted by Crippen LogP contribution is -2.48. The van der Waals surface area contributed by atoms with Gasteiger partial charge in [0.2, 0.25) is 0 Å². The van der Waals surface area contributed by atoms with Crippen LogP contribution >= 0.6 is 0 Å². The molecule has 1 saturated carbocycles. The largest absolute Gasteiger partial charge is 0.372 e. The average Bonchev–Trinajstić information content (AvgIpc) is 2.32. The third kappa shape index (κ3) is 1.50. The van der Waals surface area contributed by atoms with Crippen molar-refractivity contribution in [3.63, 3.8) is 0 Å². The van der Waals surface area contributed by atoms with Crippen molar-refractivity contribution < 1.29 is 4.74 Å². The molecule has 0 aromatic heterocycles. The SMILES string of the molecule is C[C@@H]1CCC2(C1)CN(C)CCO2. The standard InChI is InChI=1S/C10H19NO/c1-9-3-4-10(7-9)8-11(2)5-6-12-10/h9H,3-8H2,1-2H3/t9-,10?/m1/s1. The highest BCUT2D eigenvalue weighted by atomic mass is 16.5. The summed E-state index contributed by atoms with van der Waals surface area (Å²) in [7, 11) is 2.20. The Labute approximate surface area is 74.9 Å². The molecule has 1 aliphatic carbocycles. The Morgan fingerprint density at radius 2 is 2.33 bits per heavy atom. The zero-order chi connectivity index (χ0) is 8.60. The molecule has 1 spiro atoms. The van der Waals surface area contributed by atoms with Gasteiger partial charge in [-0.15, -0.1) is 0 Å². The Balaban J connectivity index is 2.00.